The fourth-order valence-corrected chi connectivity index (χ4v) is 3.15. The molecule has 2 heterocycles. The van der Waals surface area contributed by atoms with E-state index in [4.69, 9.17) is 11.6 Å². The second-order valence-electron chi connectivity index (χ2n) is 5.24. The van der Waals surface area contributed by atoms with Gasteiger partial charge in [-0.15, -0.1) is 0 Å². The van der Waals surface area contributed by atoms with Crippen LogP contribution < -0.4 is 10.2 Å². The van der Waals surface area contributed by atoms with Crippen LogP contribution in [0.15, 0.2) is 41.0 Å². The summed E-state index contributed by atoms with van der Waals surface area (Å²) in [6.45, 7) is 0.557. The number of hydrogen-bond acceptors (Lipinski definition) is 5. The Bertz CT molecular complexity index is 817. The fourth-order valence-electron chi connectivity index (χ4n) is 2.51. The highest BCUT2D eigenvalue weighted by molar-refractivity contribution is 9.10. The van der Waals surface area contributed by atoms with Crippen LogP contribution in [0, 0.1) is 10.1 Å². The van der Waals surface area contributed by atoms with E-state index in [2.05, 4.69) is 26.2 Å². The summed E-state index contributed by atoms with van der Waals surface area (Å²) in [5, 5.41) is 14.3. The van der Waals surface area contributed by atoms with E-state index in [9.17, 15) is 14.9 Å². The molecule has 0 aliphatic carbocycles. The van der Waals surface area contributed by atoms with E-state index >= 15 is 0 Å². The van der Waals surface area contributed by atoms with Gasteiger partial charge < -0.3 is 10.2 Å². The van der Waals surface area contributed by atoms with E-state index in [1.165, 1.54) is 6.07 Å². The molecule has 1 amide bonds. The summed E-state index contributed by atoms with van der Waals surface area (Å²) < 4.78 is 0.436. The van der Waals surface area contributed by atoms with Gasteiger partial charge in [-0.05, 0) is 40.5 Å². The van der Waals surface area contributed by atoms with Crippen LogP contribution in [0.5, 0.6) is 0 Å². The Balaban J connectivity index is 1.75. The summed E-state index contributed by atoms with van der Waals surface area (Å²) >= 11 is 9.21. The predicted octanol–water partition coefficient (Wildman–Crippen LogP) is 3.62. The van der Waals surface area contributed by atoms with Gasteiger partial charge in [-0.1, -0.05) is 17.7 Å². The van der Waals surface area contributed by atoms with Gasteiger partial charge in [0.1, 0.15) is 18.1 Å². The molecule has 2 aromatic rings. The van der Waals surface area contributed by atoms with Gasteiger partial charge in [0.2, 0.25) is 5.91 Å². The molecule has 24 heavy (non-hydrogen) atoms. The van der Waals surface area contributed by atoms with Crippen LogP contribution in [0.3, 0.4) is 0 Å². The van der Waals surface area contributed by atoms with Crippen molar-refractivity contribution in [3.63, 3.8) is 0 Å². The van der Waals surface area contributed by atoms with Gasteiger partial charge in [-0.3, -0.25) is 14.9 Å². The van der Waals surface area contributed by atoms with Crippen molar-refractivity contribution < 1.29 is 9.72 Å². The van der Waals surface area contributed by atoms with Gasteiger partial charge in [-0.25, -0.2) is 4.98 Å². The van der Waals surface area contributed by atoms with Gasteiger partial charge >= 0.3 is 0 Å². The molecule has 0 bridgehead atoms. The van der Waals surface area contributed by atoms with Gasteiger partial charge in [0.15, 0.2) is 0 Å². The first kappa shape index (κ1) is 16.7. The summed E-state index contributed by atoms with van der Waals surface area (Å²) in [5.74, 6) is 0.302. The molecule has 1 atom stereocenters. The van der Waals surface area contributed by atoms with Gasteiger partial charge in [0, 0.05) is 23.3 Å². The van der Waals surface area contributed by atoms with Crippen LogP contribution in [0.25, 0.3) is 0 Å². The van der Waals surface area contributed by atoms with Crippen LogP contribution in [-0.2, 0) is 4.79 Å². The Kier molecular flexibility index (Phi) is 4.68. The largest absolute Gasteiger partial charge is 0.357 e. The van der Waals surface area contributed by atoms with E-state index in [1.54, 1.807) is 23.1 Å². The van der Waals surface area contributed by atoms with Crippen molar-refractivity contribution in [2.24, 2.45) is 0 Å². The van der Waals surface area contributed by atoms with Crippen LogP contribution >= 0.6 is 27.5 Å². The van der Waals surface area contributed by atoms with Crippen molar-refractivity contribution in [2.75, 3.05) is 16.8 Å². The summed E-state index contributed by atoms with van der Waals surface area (Å²) in [6, 6.07) is 8.01. The van der Waals surface area contributed by atoms with Crippen LogP contribution in [0.4, 0.5) is 17.2 Å². The van der Waals surface area contributed by atoms with E-state index < -0.39 is 11.0 Å². The molecule has 1 unspecified atom stereocenters. The number of rotatable bonds is 4. The molecule has 7 nitrogen and oxygen atoms in total. The van der Waals surface area contributed by atoms with Crippen molar-refractivity contribution >= 4 is 50.6 Å². The highest BCUT2D eigenvalue weighted by Gasteiger charge is 2.33. The van der Waals surface area contributed by atoms with Crippen molar-refractivity contribution in [3.8, 4) is 0 Å². The fraction of sp³-hybridized carbons (Fsp3) is 0.200. The number of nitrogens with zero attached hydrogens (tertiary/aromatic N) is 3. The molecule has 1 saturated heterocycles. The highest BCUT2D eigenvalue weighted by Crippen LogP contribution is 2.29. The maximum atomic E-state index is 12.6. The normalized spacial score (nSPS) is 17.2. The zero-order chi connectivity index (χ0) is 17.3. The second kappa shape index (κ2) is 6.74. The van der Waals surface area contributed by atoms with E-state index in [0.717, 1.165) is 11.9 Å². The number of carbonyl (C=O) groups excluding carboxylic acids is 1. The van der Waals surface area contributed by atoms with Crippen LogP contribution in [0.2, 0.25) is 5.02 Å². The molecule has 0 saturated carbocycles. The Morgan fingerprint density at radius 2 is 2.21 bits per heavy atom. The maximum Gasteiger partial charge on any atom is 0.288 e. The standard InChI is InChI=1S/C15H12BrClN4O3/c16-12-7-11(21(23)24)8-18-14(12)19-13-4-5-20(15(13)22)10-3-1-2-9(17)6-10/h1-3,6-8,13H,4-5H2,(H,18,19). The Morgan fingerprint density at radius 3 is 2.88 bits per heavy atom. The summed E-state index contributed by atoms with van der Waals surface area (Å²) in [5.41, 5.74) is 0.623. The zero-order valence-electron chi connectivity index (χ0n) is 12.3. The SMILES string of the molecule is O=C1C(Nc2ncc([N+](=O)[O-])cc2Br)CCN1c1cccc(Cl)c1. The third kappa shape index (κ3) is 3.34. The van der Waals surface area contributed by atoms with Crippen molar-refractivity contribution in [1.82, 2.24) is 4.98 Å². The first-order chi connectivity index (χ1) is 11.5. The second-order valence-corrected chi connectivity index (χ2v) is 6.53. The van der Waals surface area contributed by atoms with Crippen molar-refractivity contribution in [1.29, 1.82) is 0 Å². The first-order valence-corrected chi connectivity index (χ1v) is 8.26. The van der Waals surface area contributed by atoms with Gasteiger partial charge in [-0.2, -0.15) is 0 Å². The third-order valence-electron chi connectivity index (χ3n) is 3.67. The number of carbonyl (C=O) groups is 1. The minimum atomic E-state index is -0.525. The topological polar surface area (TPSA) is 88.4 Å². The molecule has 3 rings (SSSR count). The average Bonchev–Trinajstić information content (AvgIpc) is 2.90. The number of aromatic nitrogens is 1. The Morgan fingerprint density at radius 1 is 1.42 bits per heavy atom. The van der Waals surface area contributed by atoms with E-state index in [1.807, 2.05) is 6.07 Å². The molecule has 0 radical (unpaired) electrons. The molecular weight excluding hydrogens is 400 g/mol. The quantitative estimate of drug-likeness (QED) is 0.613. The lowest BCUT2D eigenvalue weighted by Gasteiger charge is -2.18. The Labute approximate surface area is 150 Å². The molecule has 1 N–H and O–H groups in total. The molecule has 1 aromatic heterocycles. The number of hydrogen-bond donors (Lipinski definition) is 1. The number of nitrogens with one attached hydrogen (secondary N) is 1. The van der Waals surface area contributed by atoms with Crippen LogP contribution in [-0.4, -0.2) is 28.4 Å². The minimum Gasteiger partial charge on any atom is -0.357 e. The number of pyridine rings is 1. The molecular formula is C15H12BrClN4O3. The van der Waals surface area contributed by atoms with E-state index in [0.29, 0.717) is 28.3 Å². The van der Waals surface area contributed by atoms with Crippen molar-refractivity contribution in [2.45, 2.75) is 12.5 Å². The molecule has 9 heteroatoms. The predicted molar refractivity (Wildman–Crippen MR) is 94.4 cm³/mol. The maximum absolute atomic E-state index is 12.6. The van der Waals surface area contributed by atoms with Crippen molar-refractivity contribution in [3.05, 3.63) is 56.1 Å². The monoisotopic (exact) mass is 410 g/mol. The van der Waals surface area contributed by atoms with E-state index in [-0.39, 0.29) is 11.6 Å². The third-order valence-corrected chi connectivity index (χ3v) is 4.51. The van der Waals surface area contributed by atoms with Crippen LogP contribution in [0.1, 0.15) is 6.42 Å². The Hall–Kier alpha value is -2.19. The minimum absolute atomic E-state index is 0.0932. The molecule has 0 spiro atoms. The lowest BCUT2D eigenvalue weighted by Crippen LogP contribution is -2.33. The van der Waals surface area contributed by atoms with Gasteiger partial charge in [0.25, 0.3) is 5.69 Å². The summed E-state index contributed by atoms with van der Waals surface area (Å²) in [6.07, 6.45) is 1.75. The number of halogens is 2. The number of benzene rings is 1. The molecule has 1 aromatic carbocycles. The lowest BCUT2D eigenvalue weighted by molar-refractivity contribution is -0.385. The summed E-state index contributed by atoms with van der Waals surface area (Å²) in [4.78, 5) is 28.5. The summed E-state index contributed by atoms with van der Waals surface area (Å²) in [7, 11) is 0. The number of amides is 1. The molecule has 1 fully saturated rings. The highest BCUT2D eigenvalue weighted by atomic mass is 79.9. The molecule has 1 aliphatic heterocycles. The number of anilines is 2. The average molecular weight is 412 g/mol. The lowest BCUT2D eigenvalue weighted by atomic mass is 10.2. The smallest absolute Gasteiger partial charge is 0.288 e. The zero-order valence-corrected chi connectivity index (χ0v) is 14.6. The van der Waals surface area contributed by atoms with Gasteiger partial charge in [0.05, 0.1) is 9.40 Å². The number of nitro groups is 1. The first-order valence-electron chi connectivity index (χ1n) is 7.09. The molecule has 124 valence electrons. The molecule has 1 aliphatic rings.